The van der Waals surface area contributed by atoms with Crippen LogP contribution in [0, 0.1) is 0 Å². The first kappa shape index (κ1) is 13.9. The van der Waals surface area contributed by atoms with Gasteiger partial charge in [0.25, 0.3) is 0 Å². The number of primary amides is 1. The van der Waals surface area contributed by atoms with Crippen LogP contribution in [0.3, 0.4) is 0 Å². The number of hydrogen-bond acceptors (Lipinski definition) is 3. The van der Waals surface area contributed by atoms with Crippen molar-refractivity contribution in [2.75, 3.05) is 0 Å². The second-order valence-electron chi connectivity index (χ2n) is 3.65. The van der Waals surface area contributed by atoms with E-state index in [1.54, 1.807) is 6.20 Å². The summed E-state index contributed by atoms with van der Waals surface area (Å²) >= 11 is 0. The summed E-state index contributed by atoms with van der Waals surface area (Å²) in [6.07, 6.45) is 2.07. The van der Waals surface area contributed by atoms with E-state index in [4.69, 9.17) is 11.5 Å². The quantitative estimate of drug-likeness (QED) is 0.851. The minimum absolute atomic E-state index is 0.286. The lowest BCUT2D eigenvalue weighted by atomic mass is 10.1. The summed E-state index contributed by atoms with van der Waals surface area (Å²) in [5.74, 6) is -0.286. The van der Waals surface area contributed by atoms with Crippen LogP contribution in [0.1, 0.15) is 11.3 Å². The largest absolute Gasteiger partial charge is 0.369 e. The van der Waals surface area contributed by atoms with Crippen molar-refractivity contribution in [3.63, 3.8) is 0 Å². The standard InChI is InChI=1S/C8H9NO.C6H8N2/c9-8(10)6-7-4-2-1-3-5-7;7-5-6-3-1-2-4-8-6/h1-5H,6H2,(H2,9,10);1-4H,5,7H2. The number of benzene rings is 1. The van der Waals surface area contributed by atoms with E-state index in [-0.39, 0.29) is 5.91 Å². The molecule has 0 fully saturated rings. The molecule has 0 saturated carbocycles. The van der Waals surface area contributed by atoms with Gasteiger partial charge in [-0.2, -0.15) is 0 Å². The Bertz CT molecular complexity index is 457. The first-order valence-corrected chi connectivity index (χ1v) is 5.64. The van der Waals surface area contributed by atoms with Crippen molar-refractivity contribution in [3.8, 4) is 0 Å². The van der Waals surface area contributed by atoms with Crippen LogP contribution in [0.5, 0.6) is 0 Å². The molecule has 0 aliphatic heterocycles. The lowest BCUT2D eigenvalue weighted by Crippen LogP contribution is -2.13. The molecule has 0 saturated heterocycles. The zero-order valence-corrected chi connectivity index (χ0v) is 10.1. The summed E-state index contributed by atoms with van der Waals surface area (Å²) in [6.45, 7) is 0.529. The van der Waals surface area contributed by atoms with Gasteiger partial charge >= 0.3 is 0 Å². The maximum atomic E-state index is 10.4. The van der Waals surface area contributed by atoms with E-state index in [0.717, 1.165) is 11.3 Å². The number of carbonyl (C=O) groups is 1. The summed E-state index contributed by atoms with van der Waals surface area (Å²) < 4.78 is 0. The minimum Gasteiger partial charge on any atom is -0.369 e. The van der Waals surface area contributed by atoms with Crippen LogP contribution in [0.2, 0.25) is 0 Å². The van der Waals surface area contributed by atoms with E-state index in [1.807, 2.05) is 48.5 Å². The predicted octanol–water partition coefficient (Wildman–Crippen LogP) is 1.25. The Morgan fingerprint density at radius 2 is 1.72 bits per heavy atom. The van der Waals surface area contributed by atoms with E-state index in [2.05, 4.69) is 4.98 Å². The van der Waals surface area contributed by atoms with Gasteiger partial charge in [-0.15, -0.1) is 0 Å². The van der Waals surface area contributed by atoms with Crippen molar-refractivity contribution in [2.45, 2.75) is 13.0 Å². The molecule has 2 rings (SSSR count). The second kappa shape index (κ2) is 7.97. The third-order valence-electron chi connectivity index (χ3n) is 2.16. The average molecular weight is 243 g/mol. The number of carbonyl (C=O) groups excluding carboxylic acids is 1. The molecule has 4 nitrogen and oxygen atoms in total. The Morgan fingerprint density at radius 3 is 2.17 bits per heavy atom. The van der Waals surface area contributed by atoms with Gasteiger partial charge in [-0.3, -0.25) is 9.78 Å². The number of pyridine rings is 1. The monoisotopic (exact) mass is 243 g/mol. The predicted molar refractivity (Wildman–Crippen MR) is 71.5 cm³/mol. The number of amides is 1. The van der Waals surface area contributed by atoms with Gasteiger partial charge in [-0.1, -0.05) is 36.4 Å². The summed E-state index contributed by atoms with van der Waals surface area (Å²) in [5, 5.41) is 0. The van der Waals surface area contributed by atoms with Gasteiger partial charge in [-0.25, -0.2) is 0 Å². The molecule has 1 amide bonds. The highest BCUT2D eigenvalue weighted by Gasteiger charge is 1.94. The SMILES string of the molecule is NC(=O)Cc1ccccc1.NCc1ccccn1. The highest BCUT2D eigenvalue weighted by molar-refractivity contribution is 5.76. The lowest BCUT2D eigenvalue weighted by molar-refractivity contribution is -0.117. The molecule has 0 bridgehead atoms. The van der Waals surface area contributed by atoms with E-state index in [9.17, 15) is 4.79 Å². The van der Waals surface area contributed by atoms with Crippen LogP contribution in [-0.4, -0.2) is 10.9 Å². The van der Waals surface area contributed by atoms with Crippen molar-refractivity contribution in [1.29, 1.82) is 0 Å². The molecule has 1 aromatic heterocycles. The molecular weight excluding hydrogens is 226 g/mol. The Kier molecular flexibility index (Phi) is 6.14. The zero-order chi connectivity index (χ0) is 13.2. The normalized spacial score (nSPS) is 9.17. The van der Waals surface area contributed by atoms with Crippen molar-refractivity contribution in [2.24, 2.45) is 11.5 Å². The number of nitrogens with zero attached hydrogens (tertiary/aromatic N) is 1. The fourth-order valence-corrected chi connectivity index (χ4v) is 1.32. The highest BCUT2D eigenvalue weighted by atomic mass is 16.1. The molecule has 1 heterocycles. The Labute approximate surface area is 107 Å². The number of rotatable bonds is 3. The molecule has 0 unspecified atom stereocenters. The molecule has 0 atom stereocenters. The first-order valence-electron chi connectivity index (χ1n) is 5.64. The fourth-order valence-electron chi connectivity index (χ4n) is 1.32. The maximum Gasteiger partial charge on any atom is 0.221 e. The maximum absolute atomic E-state index is 10.4. The molecule has 18 heavy (non-hydrogen) atoms. The van der Waals surface area contributed by atoms with Crippen molar-refractivity contribution in [1.82, 2.24) is 4.98 Å². The lowest BCUT2D eigenvalue weighted by Gasteiger charge is -1.93. The number of hydrogen-bond donors (Lipinski definition) is 2. The van der Waals surface area contributed by atoms with Gasteiger partial charge in [-0.05, 0) is 17.7 Å². The van der Waals surface area contributed by atoms with E-state index in [1.165, 1.54) is 0 Å². The summed E-state index contributed by atoms with van der Waals surface area (Å²) in [4.78, 5) is 14.4. The number of aromatic nitrogens is 1. The molecule has 4 heteroatoms. The molecule has 0 aliphatic rings. The van der Waals surface area contributed by atoms with E-state index in [0.29, 0.717) is 13.0 Å². The molecule has 1 aromatic carbocycles. The van der Waals surface area contributed by atoms with E-state index < -0.39 is 0 Å². The third kappa shape index (κ3) is 5.77. The molecule has 94 valence electrons. The van der Waals surface area contributed by atoms with Crippen LogP contribution in [-0.2, 0) is 17.8 Å². The second-order valence-corrected chi connectivity index (χ2v) is 3.65. The van der Waals surface area contributed by atoms with Gasteiger partial charge in [0.15, 0.2) is 0 Å². The van der Waals surface area contributed by atoms with Crippen molar-refractivity contribution in [3.05, 3.63) is 66.0 Å². The Morgan fingerprint density at radius 1 is 1.06 bits per heavy atom. The van der Waals surface area contributed by atoms with Crippen LogP contribution in [0.15, 0.2) is 54.7 Å². The topological polar surface area (TPSA) is 82.0 Å². The molecule has 0 spiro atoms. The Hall–Kier alpha value is -2.20. The minimum atomic E-state index is -0.286. The fraction of sp³-hybridized carbons (Fsp3) is 0.143. The highest BCUT2D eigenvalue weighted by Crippen LogP contribution is 1.97. The molecular formula is C14H17N3O. The van der Waals surface area contributed by atoms with Crippen LogP contribution in [0.25, 0.3) is 0 Å². The van der Waals surface area contributed by atoms with Crippen molar-refractivity contribution < 1.29 is 4.79 Å². The first-order chi connectivity index (χ1) is 8.72. The van der Waals surface area contributed by atoms with Gasteiger partial charge in [0.2, 0.25) is 5.91 Å². The molecule has 2 aromatic rings. The van der Waals surface area contributed by atoms with Gasteiger partial charge < -0.3 is 11.5 Å². The van der Waals surface area contributed by atoms with Gasteiger partial charge in [0.05, 0.1) is 12.1 Å². The summed E-state index contributed by atoms with van der Waals surface area (Å²) in [5.41, 5.74) is 12.2. The van der Waals surface area contributed by atoms with Crippen molar-refractivity contribution >= 4 is 5.91 Å². The molecule has 0 aliphatic carbocycles. The van der Waals surface area contributed by atoms with Crippen LogP contribution < -0.4 is 11.5 Å². The third-order valence-corrected chi connectivity index (χ3v) is 2.16. The average Bonchev–Trinajstić information content (AvgIpc) is 2.41. The molecule has 0 radical (unpaired) electrons. The van der Waals surface area contributed by atoms with Gasteiger partial charge in [0.1, 0.15) is 0 Å². The number of nitrogens with two attached hydrogens (primary N) is 2. The van der Waals surface area contributed by atoms with E-state index >= 15 is 0 Å². The van der Waals surface area contributed by atoms with Gasteiger partial charge in [0, 0.05) is 12.7 Å². The smallest absolute Gasteiger partial charge is 0.221 e. The molecule has 4 N–H and O–H groups in total. The van der Waals surface area contributed by atoms with Crippen LogP contribution >= 0.6 is 0 Å². The zero-order valence-electron chi connectivity index (χ0n) is 10.1. The summed E-state index contributed by atoms with van der Waals surface area (Å²) in [7, 11) is 0. The summed E-state index contributed by atoms with van der Waals surface area (Å²) in [6, 6.07) is 15.1. The van der Waals surface area contributed by atoms with Crippen LogP contribution in [0.4, 0.5) is 0 Å². The Balaban J connectivity index is 0.000000184.